The number of nitrogens with one attached hydrogen (secondary N) is 2. The molecular formula is C19H26N6O4. The van der Waals surface area contributed by atoms with E-state index in [4.69, 9.17) is 25.9 Å². The standard InChI is InChI=1S/C19H26N6O4/c1-18(2,3)28-16(26)25(17(27)29-19(4,5)6)14-10-8-7-9-12(14)23-24-13(11-20)15(21)22/h7-10,23H,1-6H3,(H3,21,22)/b24-13+. The first-order valence-corrected chi connectivity index (χ1v) is 8.68. The summed E-state index contributed by atoms with van der Waals surface area (Å²) in [6, 6.07) is 7.90. The molecule has 1 rings (SSSR count). The van der Waals surface area contributed by atoms with Gasteiger partial charge in [-0.25, -0.2) is 9.59 Å². The Morgan fingerprint density at radius 1 is 1.10 bits per heavy atom. The molecule has 2 amide bonds. The van der Waals surface area contributed by atoms with Crippen LogP contribution in [0.25, 0.3) is 0 Å². The Morgan fingerprint density at radius 2 is 1.59 bits per heavy atom. The highest BCUT2D eigenvalue weighted by molar-refractivity contribution is 6.45. The lowest BCUT2D eigenvalue weighted by Crippen LogP contribution is -2.44. The lowest BCUT2D eigenvalue weighted by Gasteiger charge is -2.29. The third kappa shape index (κ3) is 7.50. The van der Waals surface area contributed by atoms with E-state index in [1.807, 2.05) is 0 Å². The van der Waals surface area contributed by atoms with Gasteiger partial charge in [-0.15, -0.1) is 0 Å². The average Bonchev–Trinajstić information content (AvgIpc) is 2.53. The molecule has 0 spiro atoms. The molecular weight excluding hydrogens is 376 g/mol. The van der Waals surface area contributed by atoms with Crippen LogP contribution in [0.15, 0.2) is 29.4 Å². The number of nitrogens with zero attached hydrogens (tertiary/aromatic N) is 3. The molecule has 1 aromatic rings. The molecule has 0 radical (unpaired) electrons. The number of anilines is 2. The second-order valence-electron chi connectivity index (χ2n) is 7.91. The van der Waals surface area contributed by atoms with Gasteiger partial charge in [-0.05, 0) is 53.7 Å². The fourth-order valence-electron chi connectivity index (χ4n) is 1.91. The van der Waals surface area contributed by atoms with Crippen LogP contribution < -0.4 is 16.1 Å². The number of nitrogens with two attached hydrogens (primary N) is 1. The summed E-state index contributed by atoms with van der Waals surface area (Å²) in [6.45, 7) is 9.99. The average molecular weight is 402 g/mol. The zero-order chi connectivity index (χ0) is 22.4. The van der Waals surface area contributed by atoms with Crippen LogP contribution in [-0.2, 0) is 9.47 Å². The summed E-state index contributed by atoms with van der Waals surface area (Å²) >= 11 is 0. The number of amidine groups is 1. The summed E-state index contributed by atoms with van der Waals surface area (Å²) in [5.74, 6) is -0.534. The summed E-state index contributed by atoms with van der Waals surface area (Å²) in [5.41, 5.74) is 6.02. The Morgan fingerprint density at radius 3 is 2.00 bits per heavy atom. The van der Waals surface area contributed by atoms with Gasteiger partial charge in [0.2, 0.25) is 5.71 Å². The van der Waals surface area contributed by atoms with Crippen molar-refractivity contribution < 1.29 is 19.1 Å². The molecule has 0 unspecified atom stereocenters. The zero-order valence-corrected chi connectivity index (χ0v) is 17.4. The van der Waals surface area contributed by atoms with Crippen molar-refractivity contribution >= 4 is 35.1 Å². The normalized spacial score (nSPS) is 11.8. The molecule has 1 aromatic carbocycles. The van der Waals surface area contributed by atoms with Crippen LogP contribution in [0.3, 0.4) is 0 Å². The first-order chi connectivity index (χ1) is 13.2. The highest BCUT2D eigenvalue weighted by Crippen LogP contribution is 2.29. The van der Waals surface area contributed by atoms with Crippen molar-refractivity contribution in [2.75, 3.05) is 10.3 Å². The molecule has 156 valence electrons. The monoisotopic (exact) mass is 402 g/mol. The maximum absolute atomic E-state index is 12.8. The third-order valence-corrected chi connectivity index (χ3v) is 2.95. The molecule has 29 heavy (non-hydrogen) atoms. The highest BCUT2D eigenvalue weighted by Gasteiger charge is 2.34. The molecule has 0 heterocycles. The zero-order valence-electron chi connectivity index (χ0n) is 17.4. The molecule has 0 saturated carbocycles. The fourth-order valence-corrected chi connectivity index (χ4v) is 1.91. The van der Waals surface area contributed by atoms with Crippen LogP contribution in [0.5, 0.6) is 0 Å². The number of hydrogen-bond acceptors (Lipinski definition) is 8. The molecule has 0 aromatic heterocycles. The van der Waals surface area contributed by atoms with Gasteiger partial charge in [-0.3, -0.25) is 10.8 Å². The Kier molecular flexibility index (Phi) is 7.31. The largest absolute Gasteiger partial charge is 0.443 e. The Labute approximate surface area is 169 Å². The second kappa shape index (κ2) is 9.05. The van der Waals surface area contributed by atoms with Gasteiger partial charge in [-0.2, -0.15) is 15.3 Å². The van der Waals surface area contributed by atoms with Gasteiger partial charge in [0.1, 0.15) is 17.3 Å². The second-order valence-corrected chi connectivity index (χ2v) is 7.91. The van der Waals surface area contributed by atoms with E-state index in [1.165, 1.54) is 12.1 Å². The maximum atomic E-state index is 12.8. The molecule has 0 atom stereocenters. The van der Waals surface area contributed by atoms with Crippen LogP contribution in [0.1, 0.15) is 41.5 Å². The van der Waals surface area contributed by atoms with Crippen molar-refractivity contribution in [2.45, 2.75) is 52.7 Å². The van der Waals surface area contributed by atoms with Gasteiger partial charge in [0.05, 0.1) is 11.4 Å². The van der Waals surface area contributed by atoms with Crippen molar-refractivity contribution in [2.24, 2.45) is 10.8 Å². The molecule has 10 nitrogen and oxygen atoms in total. The topological polar surface area (TPSA) is 154 Å². The molecule has 0 aliphatic carbocycles. The number of ether oxygens (including phenoxy) is 2. The first kappa shape index (κ1) is 23.4. The summed E-state index contributed by atoms with van der Waals surface area (Å²) in [5, 5.41) is 20.0. The van der Waals surface area contributed by atoms with Crippen molar-refractivity contribution in [1.82, 2.24) is 0 Å². The number of carbonyl (C=O) groups excluding carboxylic acids is 2. The Bertz CT molecular complexity index is 831. The number of carbonyl (C=O) groups is 2. The van der Waals surface area contributed by atoms with Gasteiger partial charge in [-0.1, -0.05) is 12.1 Å². The minimum Gasteiger partial charge on any atom is -0.443 e. The van der Waals surface area contributed by atoms with Gasteiger partial charge in [0, 0.05) is 0 Å². The van der Waals surface area contributed by atoms with E-state index in [0.29, 0.717) is 0 Å². The number of benzene rings is 1. The van der Waals surface area contributed by atoms with Gasteiger partial charge in [0.15, 0.2) is 5.84 Å². The van der Waals surface area contributed by atoms with Crippen molar-refractivity contribution in [3.05, 3.63) is 24.3 Å². The lowest BCUT2D eigenvalue weighted by molar-refractivity contribution is 0.0431. The van der Waals surface area contributed by atoms with Crippen LogP contribution in [0.2, 0.25) is 0 Å². The predicted molar refractivity (Wildman–Crippen MR) is 110 cm³/mol. The number of rotatable bonds is 4. The number of para-hydroxylation sites is 2. The Balaban J connectivity index is 3.42. The smallest absolute Gasteiger partial charge is 0.424 e. The van der Waals surface area contributed by atoms with Crippen molar-refractivity contribution in [3.8, 4) is 6.07 Å². The SMILES string of the molecule is CC(C)(C)OC(=O)N(C(=O)OC(C)(C)C)c1ccccc1N/N=C(\C#N)C(=N)N. The van der Waals surface area contributed by atoms with Crippen molar-refractivity contribution in [3.63, 3.8) is 0 Å². The van der Waals surface area contributed by atoms with E-state index >= 15 is 0 Å². The molecule has 0 aliphatic rings. The molecule has 4 N–H and O–H groups in total. The number of amides is 2. The molecule has 10 heteroatoms. The van der Waals surface area contributed by atoms with Crippen LogP contribution in [-0.4, -0.2) is 34.9 Å². The number of nitriles is 1. The molecule has 0 saturated heterocycles. The summed E-state index contributed by atoms with van der Waals surface area (Å²) < 4.78 is 10.7. The number of hydrazone groups is 1. The van der Waals surface area contributed by atoms with Gasteiger partial charge in [0.25, 0.3) is 0 Å². The van der Waals surface area contributed by atoms with E-state index in [2.05, 4.69) is 10.5 Å². The lowest BCUT2D eigenvalue weighted by atomic mass is 10.2. The minimum absolute atomic E-state index is 0.0839. The van der Waals surface area contributed by atoms with E-state index in [0.717, 1.165) is 4.90 Å². The van der Waals surface area contributed by atoms with E-state index in [1.54, 1.807) is 59.7 Å². The van der Waals surface area contributed by atoms with Gasteiger partial charge >= 0.3 is 12.2 Å². The minimum atomic E-state index is -0.947. The number of hydrogen-bond donors (Lipinski definition) is 3. The molecule has 0 aliphatic heterocycles. The first-order valence-electron chi connectivity index (χ1n) is 8.68. The fraction of sp³-hybridized carbons (Fsp3) is 0.421. The number of imide groups is 1. The van der Waals surface area contributed by atoms with E-state index in [9.17, 15) is 9.59 Å². The Hall–Kier alpha value is -3.61. The van der Waals surface area contributed by atoms with Crippen LogP contribution in [0.4, 0.5) is 21.0 Å². The van der Waals surface area contributed by atoms with Gasteiger partial charge < -0.3 is 15.2 Å². The summed E-state index contributed by atoms with van der Waals surface area (Å²) in [7, 11) is 0. The van der Waals surface area contributed by atoms with Crippen molar-refractivity contribution in [1.29, 1.82) is 10.7 Å². The summed E-state index contributed by atoms with van der Waals surface area (Å²) in [6.07, 6.45) is -1.89. The predicted octanol–water partition coefficient (Wildman–Crippen LogP) is 3.59. The highest BCUT2D eigenvalue weighted by atomic mass is 16.6. The van der Waals surface area contributed by atoms with E-state index in [-0.39, 0.29) is 17.1 Å². The third-order valence-electron chi connectivity index (χ3n) is 2.95. The molecule has 0 bridgehead atoms. The van der Waals surface area contributed by atoms with Crippen LogP contribution in [0, 0.1) is 16.7 Å². The maximum Gasteiger partial charge on any atom is 0.424 e. The van der Waals surface area contributed by atoms with E-state index < -0.39 is 29.2 Å². The molecule has 0 fully saturated rings. The van der Waals surface area contributed by atoms with Crippen LogP contribution >= 0.6 is 0 Å². The quantitative estimate of drug-likeness (QED) is 0.395. The summed E-state index contributed by atoms with van der Waals surface area (Å²) in [4.78, 5) is 26.3.